The molecule has 0 spiro atoms. The zero-order valence-corrected chi connectivity index (χ0v) is 12.4. The van der Waals surface area contributed by atoms with Crippen molar-refractivity contribution >= 4 is 17.0 Å². The monoisotopic (exact) mass is 314 g/mol. The van der Waals surface area contributed by atoms with E-state index < -0.39 is 18.6 Å². The number of rotatable bonds is 5. The molecule has 0 aliphatic carbocycles. The van der Waals surface area contributed by atoms with Crippen LogP contribution in [0.3, 0.4) is 0 Å². The summed E-state index contributed by atoms with van der Waals surface area (Å²) in [6.07, 6.45) is -5.08. The van der Waals surface area contributed by atoms with Crippen molar-refractivity contribution in [3.63, 3.8) is 0 Å². The Balaban J connectivity index is 2.26. The number of aromatic nitrogens is 2. The molecule has 0 fully saturated rings. The van der Waals surface area contributed by atoms with Gasteiger partial charge in [-0.2, -0.15) is 13.2 Å². The number of aryl methyl sites for hydroxylation is 2. The molecule has 0 saturated heterocycles. The first-order valence-corrected chi connectivity index (χ1v) is 6.92. The molecule has 120 valence electrons. The molecule has 1 heterocycles. The molecular weight excluding hydrogens is 297 g/mol. The lowest BCUT2D eigenvalue weighted by Crippen LogP contribution is -2.12. The summed E-state index contributed by atoms with van der Waals surface area (Å²) in [5, 5.41) is 0. The van der Waals surface area contributed by atoms with E-state index in [1.807, 2.05) is 25.1 Å². The number of carbonyl (C=O) groups is 1. The van der Waals surface area contributed by atoms with Gasteiger partial charge in [0.15, 0.2) is 0 Å². The molecule has 2 rings (SSSR count). The Morgan fingerprint density at radius 2 is 2.09 bits per heavy atom. The number of ether oxygens (including phenoxy) is 1. The first-order valence-electron chi connectivity index (χ1n) is 6.92. The lowest BCUT2D eigenvalue weighted by Gasteiger charge is -2.10. The Kier molecular flexibility index (Phi) is 4.73. The summed E-state index contributed by atoms with van der Waals surface area (Å²) in [5.41, 5.74) is 2.44. The number of carbonyl (C=O) groups excluding carboxylic acids is 1. The summed E-state index contributed by atoms with van der Waals surface area (Å²) < 4.78 is 43.5. The third-order valence-corrected chi connectivity index (χ3v) is 3.23. The van der Waals surface area contributed by atoms with Crippen LogP contribution in [0.2, 0.25) is 0 Å². The Bertz CT molecular complexity index is 677. The number of imidazole rings is 1. The molecule has 0 aliphatic rings. The van der Waals surface area contributed by atoms with E-state index in [-0.39, 0.29) is 19.6 Å². The lowest BCUT2D eigenvalue weighted by atomic mass is 10.2. The van der Waals surface area contributed by atoms with E-state index in [0.717, 1.165) is 11.1 Å². The molecule has 0 bridgehead atoms. The molecule has 0 amide bonds. The van der Waals surface area contributed by atoms with Gasteiger partial charge in [-0.15, -0.1) is 0 Å². The molecule has 0 atom stereocenters. The van der Waals surface area contributed by atoms with Crippen LogP contribution in [0.15, 0.2) is 18.2 Å². The van der Waals surface area contributed by atoms with Crippen molar-refractivity contribution in [2.24, 2.45) is 0 Å². The molecular formula is C15H17F3N2O2. The molecule has 0 unspecified atom stereocenters. The predicted molar refractivity (Wildman–Crippen MR) is 75.2 cm³/mol. The third kappa shape index (κ3) is 4.22. The van der Waals surface area contributed by atoms with Crippen LogP contribution in [-0.4, -0.2) is 21.7 Å². The molecule has 7 heteroatoms. The largest absolute Gasteiger partial charge is 0.458 e. The summed E-state index contributed by atoms with van der Waals surface area (Å²) in [6, 6.07) is 5.55. The normalized spacial score (nSPS) is 11.9. The third-order valence-electron chi connectivity index (χ3n) is 3.23. The average Bonchev–Trinajstić information content (AvgIpc) is 2.72. The van der Waals surface area contributed by atoms with Gasteiger partial charge in [-0.05, 0) is 31.0 Å². The standard InChI is InChI=1S/C15H17F3N2O2/c1-10-4-5-13-12(8-10)19-14(9-22-11(2)21)20(13)7-3-6-15(16,17)18/h4-5,8H,3,6-7,9H2,1-2H3. The van der Waals surface area contributed by atoms with E-state index in [4.69, 9.17) is 4.74 Å². The second-order valence-corrected chi connectivity index (χ2v) is 5.17. The minimum absolute atomic E-state index is 0.0457. The summed E-state index contributed by atoms with van der Waals surface area (Å²) in [5.74, 6) is 0.00283. The molecule has 1 aromatic carbocycles. The van der Waals surface area contributed by atoms with Gasteiger partial charge >= 0.3 is 12.1 Å². The predicted octanol–water partition coefficient (Wildman–Crippen LogP) is 3.75. The van der Waals surface area contributed by atoms with Gasteiger partial charge in [-0.1, -0.05) is 6.07 Å². The molecule has 1 aromatic heterocycles. The van der Waals surface area contributed by atoms with Gasteiger partial charge in [0.1, 0.15) is 12.4 Å². The van der Waals surface area contributed by atoms with Crippen molar-refractivity contribution in [2.75, 3.05) is 0 Å². The number of halogens is 3. The Hall–Kier alpha value is -2.05. The molecule has 0 aliphatic heterocycles. The van der Waals surface area contributed by atoms with Crippen LogP contribution in [0.4, 0.5) is 13.2 Å². The number of fused-ring (bicyclic) bond motifs is 1. The number of nitrogens with zero attached hydrogens (tertiary/aromatic N) is 2. The maximum atomic E-state index is 12.3. The molecule has 4 nitrogen and oxygen atoms in total. The minimum Gasteiger partial charge on any atom is -0.458 e. The van der Waals surface area contributed by atoms with Crippen molar-refractivity contribution in [3.05, 3.63) is 29.6 Å². The second-order valence-electron chi connectivity index (χ2n) is 5.17. The zero-order valence-electron chi connectivity index (χ0n) is 12.4. The fourth-order valence-electron chi connectivity index (χ4n) is 2.25. The second kappa shape index (κ2) is 6.37. The highest BCUT2D eigenvalue weighted by atomic mass is 19.4. The van der Waals surface area contributed by atoms with E-state index in [1.165, 1.54) is 6.92 Å². The van der Waals surface area contributed by atoms with Crippen LogP contribution in [0, 0.1) is 6.92 Å². The molecule has 2 aromatic rings. The maximum absolute atomic E-state index is 12.3. The van der Waals surface area contributed by atoms with Gasteiger partial charge < -0.3 is 9.30 Å². The van der Waals surface area contributed by atoms with E-state index in [1.54, 1.807) is 4.57 Å². The molecule has 0 saturated carbocycles. The Morgan fingerprint density at radius 1 is 1.36 bits per heavy atom. The van der Waals surface area contributed by atoms with E-state index in [2.05, 4.69) is 4.98 Å². The minimum atomic E-state index is -4.18. The van der Waals surface area contributed by atoms with Crippen LogP contribution >= 0.6 is 0 Å². The number of hydrogen-bond donors (Lipinski definition) is 0. The number of alkyl halides is 3. The first-order chi connectivity index (χ1) is 10.3. The van der Waals surface area contributed by atoms with Crippen LogP contribution in [0.5, 0.6) is 0 Å². The van der Waals surface area contributed by atoms with E-state index in [0.29, 0.717) is 11.3 Å². The number of benzene rings is 1. The summed E-state index contributed by atoms with van der Waals surface area (Å²) >= 11 is 0. The quantitative estimate of drug-likeness (QED) is 0.790. The Morgan fingerprint density at radius 3 is 2.73 bits per heavy atom. The van der Waals surface area contributed by atoms with Crippen molar-refractivity contribution in [1.29, 1.82) is 0 Å². The first kappa shape index (κ1) is 16.3. The molecule has 0 radical (unpaired) electrons. The summed E-state index contributed by atoms with van der Waals surface area (Å²) in [6.45, 7) is 3.32. The van der Waals surface area contributed by atoms with E-state index >= 15 is 0 Å². The average molecular weight is 314 g/mol. The SMILES string of the molecule is CC(=O)OCc1nc2cc(C)ccc2n1CCCC(F)(F)F. The van der Waals surface area contributed by atoms with Crippen molar-refractivity contribution in [3.8, 4) is 0 Å². The number of esters is 1. The fourth-order valence-corrected chi connectivity index (χ4v) is 2.25. The molecule has 22 heavy (non-hydrogen) atoms. The fraction of sp³-hybridized carbons (Fsp3) is 0.467. The highest BCUT2D eigenvalue weighted by molar-refractivity contribution is 5.77. The zero-order chi connectivity index (χ0) is 16.3. The van der Waals surface area contributed by atoms with Gasteiger partial charge in [-0.25, -0.2) is 4.98 Å². The van der Waals surface area contributed by atoms with Gasteiger partial charge in [0.05, 0.1) is 11.0 Å². The van der Waals surface area contributed by atoms with Crippen LogP contribution < -0.4 is 0 Å². The van der Waals surface area contributed by atoms with Gasteiger partial charge in [0.2, 0.25) is 0 Å². The topological polar surface area (TPSA) is 44.1 Å². The van der Waals surface area contributed by atoms with Gasteiger partial charge in [0.25, 0.3) is 0 Å². The van der Waals surface area contributed by atoms with Gasteiger partial charge in [0, 0.05) is 19.9 Å². The van der Waals surface area contributed by atoms with Crippen LogP contribution in [0.1, 0.15) is 31.2 Å². The van der Waals surface area contributed by atoms with E-state index in [9.17, 15) is 18.0 Å². The highest BCUT2D eigenvalue weighted by Gasteiger charge is 2.26. The Labute approximate surface area is 125 Å². The van der Waals surface area contributed by atoms with Crippen LogP contribution in [0.25, 0.3) is 11.0 Å². The van der Waals surface area contributed by atoms with Gasteiger partial charge in [-0.3, -0.25) is 4.79 Å². The summed E-state index contributed by atoms with van der Waals surface area (Å²) in [7, 11) is 0. The summed E-state index contributed by atoms with van der Waals surface area (Å²) in [4.78, 5) is 15.3. The maximum Gasteiger partial charge on any atom is 0.389 e. The number of hydrogen-bond acceptors (Lipinski definition) is 3. The van der Waals surface area contributed by atoms with Crippen molar-refractivity contribution in [1.82, 2.24) is 9.55 Å². The van der Waals surface area contributed by atoms with Crippen molar-refractivity contribution in [2.45, 2.75) is 46.0 Å². The van der Waals surface area contributed by atoms with Crippen LogP contribution in [-0.2, 0) is 22.7 Å². The lowest BCUT2D eigenvalue weighted by molar-refractivity contribution is -0.142. The smallest absolute Gasteiger partial charge is 0.389 e. The van der Waals surface area contributed by atoms with Crippen molar-refractivity contribution < 1.29 is 22.7 Å². The molecule has 0 N–H and O–H groups in total. The highest BCUT2D eigenvalue weighted by Crippen LogP contribution is 2.24.